The van der Waals surface area contributed by atoms with Gasteiger partial charge in [0.2, 0.25) is 0 Å². The predicted molar refractivity (Wildman–Crippen MR) is 74.2 cm³/mol. The molecular formula is C14H29N3O. The molecule has 1 aliphatic carbocycles. The van der Waals surface area contributed by atoms with Gasteiger partial charge in [-0.15, -0.1) is 0 Å². The maximum Gasteiger partial charge on any atom is 0.0871 e. The number of hydrogen-bond donors (Lipinski definition) is 2. The Kier molecular flexibility index (Phi) is 5.89. The Bertz CT molecular complexity index is 229. The Hall–Kier alpha value is -0.160. The highest BCUT2D eigenvalue weighted by atomic mass is 16.5. The zero-order valence-corrected chi connectivity index (χ0v) is 11.7. The molecule has 18 heavy (non-hydrogen) atoms. The molecule has 0 aromatic rings. The summed E-state index contributed by atoms with van der Waals surface area (Å²) < 4.78 is 5.98. The zero-order chi connectivity index (χ0) is 12.8. The van der Waals surface area contributed by atoms with Crippen LogP contribution in [0.25, 0.3) is 0 Å². The number of nitrogens with zero attached hydrogens (tertiary/aromatic N) is 1. The fraction of sp³-hybridized carbons (Fsp3) is 1.00. The quantitative estimate of drug-likeness (QED) is 0.577. The number of ether oxygens (including phenoxy) is 1. The highest BCUT2D eigenvalue weighted by Crippen LogP contribution is 2.29. The van der Waals surface area contributed by atoms with E-state index in [1.807, 2.05) is 0 Å². The van der Waals surface area contributed by atoms with Crippen molar-refractivity contribution in [3.05, 3.63) is 0 Å². The summed E-state index contributed by atoms with van der Waals surface area (Å²) in [6, 6.07) is 0.338. The van der Waals surface area contributed by atoms with E-state index in [0.29, 0.717) is 12.0 Å². The van der Waals surface area contributed by atoms with E-state index in [2.05, 4.69) is 17.2 Å². The summed E-state index contributed by atoms with van der Waals surface area (Å²) in [4.78, 5) is 2.52. The molecule has 0 aromatic carbocycles. The van der Waals surface area contributed by atoms with Crippen molar-refractivity contribution in [2.24, 2.45) is 11.8 Å². The van der Waals surface area contributed by atoms with E-state index >= 15 is 0 Å². The molecule has 0 aromatic heterocycles. The molecule has 2 rings (SSSR count). The molecule has 0 amide bonds. The highest BCUT2D eigenvalue weighted by molar-refractivity contribution is 4.88. The van der Waals surface area contributed by atoms with Gasteiger partial charge in [0.1, 0.15) is 0 Å². The molecule has 1 aliphatic heterocycles. The summed E-state index contributed by atoms with van der Waals surface area (Å²) in [5, 5.41) is 0. The van der Waals surface area contributed by atoms with Crippen molar-refractivity contribution in [3.63, 3.8) is 0 Å². The lowest BCUT2D eigenvalue weighted by Crippen LogP contribution is -2.57. The highest BCUT2D eigenvalue weighted by Gasteiger charge is 2.33. The fourth-order valence-corrected chi connectivity index (χ4v) is 3.51. The minimum absolute atomic E-state index is 0.276. The first-order valence-electron chi connectivity index (χ1n) is 7.65. The zero-order valence-electron chi connectivity index (χ0n) is 11.7. The third kappa shape index (κ3) is 3.67. The molecule has 2 unspecified atom stereocenters. The smallest absolute Gasteiger partial charge is 0.0871 e. The average Bonchev–Trinajstić information content (AvgIpc) is 2.42. The summed E-state index contributed by atoms with van der Waals surface area (Å²) in [6.07, 6.45) is 8.21. The van der Waals surface area contributed by atoms with Crippen molar-refractivity contribution in [2.45, 2.75) is 57.6 Å². The third-order valence-electron chi connectivity index (χ3n) is 4.47. The van der Waals surface area contributed by atoms with Crippen molar-refractivity contribution >= 4 is 0 Å². The second-order valence-electron chi connectivity index (χ2n) is 5.80. The number of hydrogen-bond acceptors (Lipinski definition) is 4. The summed E-state index contributed by atoms with van der Waals surface area (Å²) in [6.45, 7) is 6.40. The molecule has 2 aliphatic rings. The number of rotatable bonds is 5. The van der Waals surface area contributed by atoms with Crippen LogP contribution in [-0.2, 0) is 4.74 Å². The lowest BCUT2D eigenvalue weighted by molar-refractivity contribution is -0.0593. The Labute approximate surface area is 111 Å². The largest absolute Gasteiger partial charge is 0.374 e. The summed E-state index contributed by atoms with van der Waals surface area (Å²) in [5.74, 6) is 6.51. The van der Waals surface area contributed by atoms with Gasteiger partial charge in [-0.2, -0.15) is 0 Å². The SMILES string of the molecule is CCCN1CCOC(C(NN)C2CCCCC2)C1. The first kappa shape index (κ1) is 14.3. The molecule has 0 radical (unpaired) electrons. The molecule has 0 bridgehead atoms. The Balaban J connectivity index is 1.89. The summed E-state index contributed by atoms with van der Waals surface area (Å²) in [7, 11) is 0. The first-order chi connectivity index (χ1) is 8.85. The van der Waals surface area contributed by atoms with E-state index in [0.717, 1.165) is 19.7 Å². The second-order valence-corrected chi connectivity index (χ2v) is 5.80. The minimum atomic E-state index is 0.276. The third-order valence-corrected chi connectivity index (χ3v) is 4.47. The number of hydrazine groups is 1. The first-order valence-corrected chi connectivity index (χ1v) is 7.65. The maximum atomic E-state index is 5.98. The van der Waals surface area contributed by atoms with Gasteiger partial charge in [-0.05, 0) is 31.7 Å². The fourth-order valence-electron chi connectivity index (χ4n) is 3.51. The van der Waals surface area contributed by atoms with E-state index in [1.165, 1.54) is 45.1 Å². The average molecular weight is 255 g/mol. The van der Waals surface area contributed by atoms with Crippen LogP contribution in [0.1, 0.15) is 45.4 Å². The van der Waals surface area contributed by atoms with Gasteiger partial charge < -0.3 is 4.74 Å². The van der Waals surface area contributed by atoms with Crippen LogP contribution in [0.15, 0.2) is 0 Å². The van der Waals surface area contributed by atoms with E-state index in [9.17, 15) is 0 Å². The lowest BCUT2D eigenvalue weighted by atomic mass is 9.81. The van der Waals surface area contributed by atoms with Crippen molar-refractivity contribution in [3.8, 4) is 0 Å². The Morgan fingerprint density at radius 3 is 2.78 bits per heavy atom. The summed E-state index contributed by atoms with van der Waals surface area (Å²) in [5.41, 5.74) is 3.05. The van der Waals surface area contributed by atoms with Crippen LogP contribution in [-0.4, -0.2) is 43.3 Å². The molecule has 0 spiro atoms. The molecule has 1 saturated carbocycles. The van der Waals surface area contributed by atoms with E-state index in [1.54, 1.807) is 0 Å². The molecule has 1 saturated heterocycles. The van der Waals surface area contributed by atoms with E-state index in [-0.39, 0.29) is 6.10 Å². The lowest BCUT2D eigenvalue weighted by Gasteiger charge is -2.40. The van der Waals surface area contributed by atoms with Crippen molar-refractivity contribution in [2.75, 3.05) is 26.2 Å². The van der Waals surface area contributed by atoms with Crippen molar-refractivity contribution < 1.29 is 4.74 Å². The topological polar surface area (TPSA) is 50.5 Å². The maximum absolute atomic E-state index is 5.98. The Morgan fingerprint density at radius 1 is 1.33 bits per heavy atom. The molecular weight excluding hydrogens is 226 g/mol. The molecule has 4 heteroatoms. The molecule has 2 fully saturated rings. The van der Waals surface area contributed by atoms with Gasteiger partial charge in [-0.3, -0.25) is 16.2 Å². The van der Waals surface area contributed by atoms with Crippen LogP contribution in [0.2, 0.25) is 0 Å². The van der Waals surface area contributed by atoms with Crippen LogP contribution >= 0.6 is 0 Å². The van der Waals surface area contributed by atoms with E-state index < -0.39 is 0 Å². The molecule has 106 valence electrons. The van der Waals surface area contributed by atoms with Crippen LogP contribution in [0.4, 0.5) is 0 Å². The van der Waals surface area contributed by atoms with Crippen LogP contribution < -0.4 is 11.3 Å². The van der Waals surface area contributed by atoms with Crippen LogP contribution in [0, 0.1) is 5.92 Å². The van der Waals surface area contributed by atoms with Gasteiger partial charge in [-0.25, -0.2) is 0 Å². The molecule has 2 atom stereocenters. The van der Waals surface area contributed by atoms with Gasteiger partial charge >= 0.3 is 0 Å². The molecule has 3 N–H and O–H groups in total. The minimum Gasteiger partial charge on any atom is -0.374 e. The monoisotopic (exact) mass is 255 g/mol. The van der Waals surface area contributed by atoms with Gasteiger partial charge in [0.05, 0.1) is 18.8 Å². The van der Waals surface area contributed by atoms with Crippen molar-refractivity contribution in [1.82, 2.24) is 10.3 Å². The number of nitrogens with two attached hydrogens (primary N) is 1. The van der Waals surface area contributed by atoms with Crippen LogP contribution in [0.3, 0.4) is 0 Å². The van der Waals surface area contributed by atoms with Gasteiger partial charge in [0, 0.05) is 13.1 Å². The Morgan fingerprint density at radius 2 is 2.11 bits per heavy atom. The van der Waals surface area contributed by atoms with Gasteiger partial charge in [-0.1, -0.05) is 26.2 Å². The van der Waals surface area contributed by atoms with E-state index in [4.69, 9.17) is 10.6 Å². The second kappa shape index (κ2) is 7.43. The van der Waals surface area contributed by atoms with Crippen LogP contribution in [0.5, 0.6) is 0 Å². The predicted octanol–water partition coefficient (Wildman–Crippen LogP) is 1.51. The van der Waals surface area contributed by atoms with Gasteiger partial charge in [0.25, 0.3) is 0 Å². The number of nitrogens with one attached hydrogen (secondary N) is 1. The summed E-state index contributed by atoms with van der Waals surface area (Å²) >= 11 is 0. The molecule has 1 heterocycles. The molecule has 4 nitrogen and oxygen atoms in total. The standard InChI is InChI=1S/C14H29N3O/c1-2-8-17-9-10-18-13(11-17)14(16-15)12-6-4-3-5-7-12/h12-14,16H,2-11,15H2,1H3. The van der Waals surface area contributed by atoms with Gasteiger partial charge in [0.15, 0.2) is 0 Å². The normalized spacial score (nSPS) is 29.3. The van der Waals surface area contributed by atoms with Crippen molar-refractivity contribution in [1.29, 1.82) is 0 Å². The number of morpholine rings is 1.